The average Bonchev–Trinajstić information content (AvgIpc) is 2.75. The Morgan fingerprint density at radius 3 is 2.74 bits per heavy atom. The summed E-state index contributed by atoms with van der Waals surface area (Å²) in [6, 6.07) is 8.76. The summed E-state index contributed by atoms with van der Waals surface area (Å²) in [6.07, 6.45) is 8.09. The van der Waals surface area contributed by atoms with E-state index in [1.54, 1.807) is 6.20 Å². The van der Waals surface area contributed by atoms with E-state index in [9.17, 15) is 0 Å². The second-order valence-electron chi connectivity index (χ2n) is 9.56. The Morgan fingerprint density at radius 1 is 1.16 bits per heavy atom. The van der Waals surface area contributed by atoms with Gasteiger partial charge in [-0.25, -0.2) is 9.97 Å². The molecule has 31 heavy (non-hydrogen) atoms. The lowest BCUT2D eigenvalue weighted by atomic mass is 9.88. The van der Waals surface area contributed by atoms with Crippen molar-refractivity contribution in [3.05, 3.63) is 35.5 Å². The normalized spacial score (nSPS) is 25.7. The number of halogens is 1. The number of nitrogens with one attached hydrogen (secondary N) is 2. The van der Waals surface area contributed by atoms with E-state index in [4.69, 9.17) is 27.1 Å². The Hall–Kier alpha value is -1.89. The van der Waals surface area contributed by atoms with E-state index in [0.29, 0.717) is 23.0 Å². The first-order valence-corrected chi connectivity index (χ1v) is 11.8. The van der Waals surface area contributed by atoms with E-state index >= 15 is 0 Å². The highest BCUT2D eigenvalue weighted by atomic mass is 35.5. The van der Waals surface area contributed by atoms with Gasteiger partial charge >= 0.3 is 0 Å². The first kappa shape index (κ1) is 22.3. The zero-order valence-electron chi connectivity index (χ0n) is 18.5. The summed E-state index contributed by atoms with van der Waals surface area (Å²) < 4.78 is 5.83. The van der Waals surface area contributed by atoms with E-state index < -0.39 is 0 Å². The number of aromatic nitrogens is 2. The third-order valence-corrected chi connectivity index (χ3v) is 6.68. The van der Waals surface area contributed by atoms with Crippen LogP contribution in [0.5, 0.6) is 0 Å². The molecule has 0 aromatic carbocycles. The van der Waals surface area contributed by atoms with Crippen molar-refractivity contribution in [1.29, 1.82) is 0 Å². The van der Waals surface area contributed by atoms with E-state index in [1.807, 2.05) is 24.3 Å². The summed E-state index contributed by atoms with van der Waals surface area (Å²) in [6.45, 7) is 6.04. The van der Waals surface area contributed by atoms with Crippen molar-refractivity contribution in [1.82, 2.24) is 9.97 Å². The summed E-state index contributed by atoms with van der Waals surface area (Å²) in [5.74, 6) is 2.29. The molecule has 4 rings (SSSR count). The molecule has 1 aliphatic heterocycles. The number of nitrogens with zero attached hydrogens (tertiary/aromatic N) is 2. The highest BCUT2D eigenvalue weighted by molar-refractivity contribution is 6.33. The van der Waals surface area contributed by atoms with Crippen molar-refractivity contribution < 1.29 is 4.74 Å². The molecule has 0 amide bonds. The molecule has 0 bridgehead atoms. The van der Waals surface area contributed by atoms with Gasteiger partial charge in [-0.3, -0.25) is 0 Å². The second kappa shape index (κ2) is 9.72. The minimum Gasteiger partial charge on any atom is -0.376 e. The first-order chi connectivity index (χ1) is 14.9. The van der Waals surface area contributed by atoms with Gasteiger partial charge in [-0.05, 0) is 76.5 Å². The lowest BCUT2D eigenvalue weighted by Gasteiger charge is -2.35. The molecule has 0 radical (unpaired) electrons. The van der Waals surface area contributed by atoms with Gasteiger partial charge in [0.15, 0.2) is 0 Å². The van der Waals surface area contributed by atoms with Crippen LogP contribution in [0.25, 0.3) is 11.3 Å². The molecule has 1 saturated carbocycles. The smallest absolute Gasteiger partial charge is 0.126 e. The van der Waals surface area contributed by atoms with Crippen molar-refractivity contribution in [2.24, 2.45) is 11.7 Å². The Kier molecular flexibility index (Phi) is 6.99. The van der Waals surface area contributed by atoms with Crippen molar-refractivity contribution in [2.75, 3.05) is 23.8 Å². The Balaban J connectivity index is 1.43. The molecule has 0 spiro atoms. The lowest BCUT2D eigenvalue weighted by Crippen LogP contribution is -2.36. The maximum Gasteiger partial charge on any atom is 0.126 e. The number of anilines is 2. The molecule has 3 heterocycles. The van der Waals surface area contributed by atoms with Crippen LogP contribution < -0.4 is 16.4 Å². The average molecular weight is 444 g/mol. The Bertz CT molecular complexity index is 882. The number of ether oxygens (including phenoxy) is 1. The van der Waals surface area contributed by atoms with E-state index in [0.717, 1.165) is 74.6 Å². The van der Waals surface area contributed by atoms with Gasteiger partial charge in [0.1, 0.15) is 11.6 Å². The molecule has 1 saturated heterocycles. The molecule has 2 aromatic heterocycles. The molecule has 2 aliphatic rings. The molecule has 1 atom stereocenters. The van der Waals surface area contributed by atoms with Crippen LogP contribution in [0.2, 0.25) is 5.02 Å². The summed E-state index contributed by atoms with van der Waals surface area (Å²) in [5, 5.41) is 7.67. The highest BCUT2D eigenvalue weighted by Gasteiger charge is 2.28. The predicted molar refractivity (Wildman–Crippen MR) is 128 cm³/mol. The van der Waals surface area contributed by atoms with Crippen molar-refractivity contribution in [2.45, 2.75) is 70.1 Å². The standard InChI is InChI=1S/C24H34ClN5O/c1-24(2)13-16(10-11-31-24)14-27-22-5-3-4-21(30-22)19-12-23(28-15-20(19)25)29-18-8-6-17(26)7-9-18/h3-5,12,15-18H,6-11,13-14,26H2,1-2H3,(H,27,30)(H,28,29)/t16-,17-,18-/m0/s1. The summed E-state index contributed by atoms with van der Waals surface area (Å²) >= 11 is 6.49. The SMILES string of the molecule is CC1(C)C[C@@H](CNc2cccc(-c3cc(N[C@H]4CC[C@H](N)CC4)ncc3Cl)n2)CCO1. The molecule has 0 unspecified atom stereocenters. The van der Waals surface area contributed by atoms with Gasteiger partial charge in [0.25, 0.3) is 0 Å². The molecule has 2 aromatic rings. The molecule has 7 heteroatoms. The van der Waals surface area contributed by atoms with Crippen LogP contribution in [-0.4, -0.2) is 40.8 Å². The molecular formula is C24H34ClN5O. The summed E-state index contributed by atoms with van der Waals surface area (Å²) in [4.78, 5) is 9.31. The van der Waals surface area contributed by atoms with Gasteiger partial charge in [0.2, 0.25) is 0 Å². The topological polar surface area (TPSA) is 85.1 Å². The monoisotopic (exact) mass is 443 g/mol. The molecule has 1 aliphatic carbocycles. The molecule has 2 fully saturated rings. The minimum absolute atomic E-state index is 0.0444. The molecule has 168 valence electrons. The Labute approximate surface area is 190 Å². The molecule has 6 nitrogen and oxygen atoms in total. The third kappa shape index (κ3) is 6.09. The second-order valence-corrected chi connectivity index (χ2v) is 9.97. The molecular weight excluding hydrogens is 410 g/mol. The van der Waals surface area contributed by atoms with Crippen LogP contribution in [0.4, 0.5) is 11.6 Å². The number of hydrogen-bond acceptors (Lipinski definition) is 6. The number of hydrogen-bond donors (Lipinski definition) is 3. The van der Waals surface area contributed by atoms with Crippen LogP contribution in [0.1, 0.15) is 52.4 Å². The Morgan fingerprint density at radius 2 is 1.97 bits per heavy atom. The van der Waals surface area contributed by atoms with Crippen molar-refractivity contribution in [3.8, 4) is 11.3 Å². The van der Waals surface area contributed by atoms with Gasteiger partial charge in [0, 0.05) is 37.0 Å². The van der Waals surface area contributed by atoms with Crippen molar-refractivity contribution >= 4 is 23.2 Å². The predicted octanol–water partition coefficient (Wildman–Crippen LogP) is 5.10. The third-order valence-electron chi connectivity index (χ3n) is 6.38. The van der Waals surface area contributed by atoms with E-state index in [1.165, 1.54) is 0 Å². The number of pyridine rings is 2. The zero-order valence-corrected chi connectivity index (χ0v) is 19.3. The van der Waals surface area contributed by atoms with Crippen LogP contribution in [0.15, 0.2) is 30.5 Å². The summed E-state index contributed by atoms with van der Waals surface area (Å²) in [7, 11) is 0. The maximum absolute atomic E-state index is 6.49. The fourth-order valence-corrected chi connectivity index (χ4v) is 4.85. The van der Waals surface area contributed by atoms with E-state index in [2.05, 4.69) is 29.5 Å². The van der Waals surface area contributed by atoms with Gasteiger partial charge in [-0.2, -0.15) is 0 Å². The fourth-order valence-electron chi connectivity index (χ4n) is 4.65. The minimum atomic E-state index is -0.0444. The summed E-state index contributed by atoms with van der Waals surface area (Å²) in [5.41, 5.74) is 7.72. The van der Waals surface area contributed by atoms with Crippen LogP contribution in [0.3, 0.4) is 0 Å². The van der Waals surface area contributed by atoms with Crippen LogP contribution >= 0.6 is 11.6 Å². The van der Waals surface area contributed by atoms with Gasteiger partial charge in [0.05, 0.1) is 16.3 Å². The number of rotatable bonds is 6. The van der Waals surface area contributed by atoms with Crippen molar-refractivity contribution in [3.63, 3.8) is 0 Å². The number of nitrogens with two attached hydrogens (primary N) is 1. The maximum atomic E-state index is 6.49. The van der Waals surface area contributed by atoms with Gasteiger partial charge < -0.3 is 21.1 Å². The zero-order chi connectivity index (χ0) is 21.8. The fraction of sp³-hybridized carbons (Fsp3) is 0.583. The van der Waals surface area contributed by atoms with Gasteiger partial charge in [-0.1, -0.05) is 17.7 Å². The highest BCUT2D eigenvalue weighted by Crippen LogP contribution is 2.31. The molecule has 4 N–H and O–H groups in total. The quantitative estimate of drug-likeness (QED) is 0.576. The first-order valence-electron chi connectivity index (χ1n) is 11.4. The largest absolute Gasteiger partial charge is 0.376 e. The van der Waals surface area contributed by atoms with E-state index in [-0.39, 0.29) is 5.60 Å². The van der Waals surface area contributed by atoms with Crippen LogP contribution in [0, 0.1) is 5.92 Å². The van der Waals surface area contributed by atoms with Crippen LogP contribution in [-0.2, 0) is 4.74 Å². The lowest BCUT2D eigenvalue weighted by molar-refractivity contribution is -0.0699. The van der Waals surface area contributed by atoms with Gasteiger partial charge in [-0.15, -0.1) is 0 Å².